The third-order valence-corrected chi connectivity index (χ3v) is 4.03. The van der Waals surface area contributed by atoms with Gasteiger partial charge in [-0.25, -0.2) is 4.79 Å². The minimum atomic E-state index is -0.902. The molecule has 2 N–H and O–H groups in total. The Balaban J connectivity index is 1.80. The summed E-state index contributed by atoms with van der Waals surface area (Å²) in [6.45, 7) is 0.977. The number of hydrogen-bond donors (Lipinski definition) is 2. The van der Waals surface area contributed by atoms with Crippen LogP contribution in [-0.2, 0) is 14.3 Å². The van der Waals surface area contributed by atoms with Gasteiger partial charge in [0.1, 0.15) is 6.04 Å². The summed E-state index contributed by atoms with van der Waals surface area (Å²) in [5.41, 5.74) is 0.843. The lowest BCUT2D eigenvalue weighted by molar-refractivity contribution is -0.148. The molecule has 2 amide bonds. The van der Waals surface area contributed by atoms with Gasteiger partial charge < -0.3 is 15.4 Å². The number of anilines is 1. The Morgan fingerprint density at radius 1 is 1.04 bits per heavy atom. The third kappa shape index (κ3) is 5.75. The molecule has 0 unspecified atom stereocenters. The highest BCUT2D eigenvalue weighted by atomic mass is 35.5. The van der Waals surface area contributed by atoms with Crippen molar-refractivity contribution in [2.45, 2.75) is 13.0 Å². The van der Waals surface area contributed by atoms with E-state index in [2.05, 4.69) is 10.6 Å². The van der Waals surface area contributed by atoms with Gasteiger partial charge in [0.05, 0.1) is 10.0 Å². The van der Waals surface area contributed by atoms with Crippen LogP contribution in [0.2, 0.25) is 10.0 Å². The first-order valence-electron chi connectivity index (χ1n) is 7.64. The molecule has 0 bridgehead atoms. The van der Waals surface area contributed by atoms with Gasteiger partial charge in [0.15, 0.2) is 6.61 Å². The zero-order valence-corrected chi connectivity index (χ0v) is 15.3. The molecule has 2 aromatic rings. The van der Waals surface area contributed by atoms with Crippen molar-refractivity contribution in [3.63, 3.8) is 0 Å². The number of ether oxygens (including phenoxy) is 1. The maximum Gasteiger partial charge on any atom is 0.328 e. The molecule has 0 spiro atoms. The van der Waals surface area contributed by atoms with Gasteiger partial charge in [0, 0.05) is 11.3 Å². The van der Waals surface area contributed by atoms with Crippen LogP contribution in [0.25, 0.3) is 0 Å². The van der Waals surface area contributed by atoms with Gasteiger partial charge >= 0.3 is 5.97 Å². The summed E-state index contributed by atoms with van der Waals surface area (Å²) in [4.78, 5) is 35.7. The molecule has 0 heterocycles. The summed E-state index contributed by atoms with van der Waals surface area (Å²) in [6.07, 6.45) is 0. The highest BCUT2D eigenvalue weighted by Gasteiger charge is 2.19. The van der Waals surface area contributed by atoms with Crippen LogP contribution in [0, 0.1) is 0 Å². The molecule has 0 saturated carbocycles. The second-order valence-electron chi connectivity index (χ2n) is 5.35. The quantitative estimate of drug-likeness (QED) is 0.736. The lowest BCUT2D eigenvalue weighted by atomic mass is 10.2. The summed E-state index contributed by atoms with van der Waals surface area (Å²) in [7, 11) is 0. The maximum absolute atomic E-state index is 12.0. The average Bonchev–Trinajstić information content (AvgIpc) is 2.63. The van der Waals surface area contributed by atoms with Crippen LogP contribution in [-0.4, -0.2) is 30.4 Å². The number of amides is 2. The minimum absolute atomic E-state index is 0.290. The summed E-state index contributed by atoms with van der Waals surface area (Å²) in [5.74, 6) is -1.67. The second-order valence-corrected chi connectivity index (χ2v) is 6.16. The van der Waals surface area contributed by atoms with Crippen LogP contribution >= 0.6 is 23.2 Å². The van der Waals surface area contributed by atoms with E-state index >= 15 is 0 Å². The molecule has 6 nitrogen and oxygen atoms in total. The molecule has 0 saturated heterocycles. The number of carbonyl (C=O) groups excluding carboxylic acids is 3. The van der Waals surface area contributed by atoms with E-state index < -0.39 is 30.4 Å². The van der Waals surface area contributed by atoms with Crippen molar-refractivity contribution in [1.29, 1.82) is 0 Å². The smallest absolute Gasteiger partial charge is 0.328 e. The molecule has 0 aliphatic heterocycles. The highest BCUT2D eigenvalue weighted by molar-refractivity contribution is 6.42. The molecular weight excluding hydrogens is 379 g/mol. The predicted octanol–water partition coefficient (Wildman–Crippen LogP) is 3.29. The van der Waals surface area contributed by atoms with Crippen LogP contribution in [0.5, 0.6) is 0 Å². The van der Waals surface area contributed by atoms with Crippen molar-refractivity contribution >= 4 is 46.7 Å². The summed E-state index contributed by atoms with van der Waals surface area (Å²) < 4.78 is 4.90. The Kier molecular flexibility index (Phi) is 7.00. The molecule has 2 aromatic carbocycles. The molecule has 1 atom stereocenters. The lowest BCUT2D eigenvalue weighted by Gasteiger charge is -2.13. The highest BCUT2D eigenvalue weighted by Crippen LogP contribution is 2.24. The van der Waals surface area contributed by atoms with E-state index in [0.29, 0.717) is 21.3 Å². The summed E-state index contributed by atoms with van der Waals surface area (Å²) in [5, 5.41) is 5.68. The van der Waals surface area contributed by atoms with Crippen molar-refractivity contribution < 1.29 is 19.1 Å². The minimum Gasteiger partial charge on any atom is -0.454 e. The number of benzene rings is 2. The van der Waals surface area contributed by atoms with E-state index in [4.69, 9.17) is 27.9 Å². The van der Waals surface area contributed by atoms with E-state index in [1.54, 1.807) is 36.4 Å². The van der Waals surface area contributed by atoms with Crippen molar-refractivity contribution in [1.82, 2.24) is 5.32 Å². The molecule has 26 heavy (non-hydrogen) atoms. The Hall–Kier alpha value is -2.57. The largest absolute Gasteiger partial charge is 0.454 e. The van der Waals surface area contributed by atoms with Crippen molar-refractivity contribution in [2.75, 3.05) is 11.9 Å². The van der Waals surface area contributed by atoms with E-state index in [1.807, 2.05) is 0 Å². The predicted molar refractivity (Wildman–Crippen MR) is 99.4 cm³/mol. The fourth-order valence-electron chi connectivity index (χ4n) is 1.96. The first kappa shape index (κ1) is 19.8. The zero-order chi connectivity index (χ0) is 19.1. The van der Waals surface area contributed by atoms with Crippen molar-refractivity contribution in [3.05, 3.63) is 64.1 Å². The Morgan fingerprint density at radius 2 is 1.73 bits per heavy atom. The van der Waals surface area contributed by atoms with Gasteiger partial charge in [-0.05, 0) is 37.3 Å². The van der Waals surface area contributed by atoms with Gasteiger partial charge in [0.25, 0.3) is 11.8 Å². The maximum atomic E-state index is 12.0. The third-order valence-electron chi connectivity index (χ3n) is 3.29. The summed E-state index contributed by atoms with van der Waals surface area (Å²) in [6, 6.07) is 12.1. The van der Waals surface area contributed by atoms with Gasteiger partial charge in [-0.3, -0.25) is 9.59 Å². The molecule has 0 aliphatic rings. The lowest BCUT2D eigenvalue weighted by Crippen LogP contribution is -2.40. The van der Waals surface area contributed by atoms with Crippen LogP contribution in [0.1, 0.15) is 17.3 Å². The number of esters is 1. The van der Waals surface area contributed by atoms with Crippen LogP contribution < -0.4 is 10.6 Å². The number of nitrogens with one attached hydrogen (secondary N) is 2. The number of halogens is 2. The molecule has 0 aliphatic carbocycles. The van der Waals surface area contributed by atoms with E-state index in [0.717, 1.165) is 0 Å². The van der Waals surface area contributed by atoms with Gasteiger partial charge in [-0.2, -0.15) is 0 Å². The van der Waals surface area contributed by atoms with E-state index in [1.165, 1.54) is 19.1 Å². The van der Waals surface area contributed by atoms with Crippen LogP contribution in [0.15, 0.2) is 48.5 Å². The first-order valence-corrected chi connectivity index (χ1v) is 8.40. The van der Waals surface area contributed by atoms with Crippen LogP contribution in [0.3, 0.4) is 0 Å². The Morgan fingerprint density at radius 3 is 2.38 bits per heavy atom. The molecular formula is C18H16Cl2N2O4. The fourth-order valence-corrected chi connectivity index (χ4v) is 2.26. The molecule has 0 aromatic heterocycles. The number of rotatable bonds is 6. The van der Waals surface area contributed by atoms with Crippen molar-refractivity contribution in [3.8, 4) is 0 Å². The average molecular weight is 395 g/mol. The Bertz CT molecular complexity index is 812. The van der Waals surface area contributed by atoms with Gasteiger partial charge in [-0.15, -0.1) is 0 Å². The monoisotopic (exact) mass is 394 g/mol. The van der Waals surface area contributed by atoms with Gasteiger partial charge in [-0.1, -0.05) is 41.4 Å². The zero-order valence-electron chi connectivity index (χ0n) is 13.8. The molecule has 0 fully saturated rings. The normalized spacial score (nSPS) is 11.3. The van der Waals surface area contributed by atoms with Crippen LogP contribution in [0.4, 0.5) is 5.69 Å². The second kappa shape index (κ2) is 9.22. The molecule has 0 radical (unpaired) electrons. The van der Waals surface area contributed by atoms with Gasteiger partial charge in [0.2, 0.25) is 0 Å². The van der Waals surface area contributed by atoms with E-state index in [-0.39, 0.29) is 0 Å². The molecule has 2 rings (SSSR count). The topological polar surface area (TPSA) is 84.5 Å². The number of carbonyl (C=O) groups is 3. The fraction of sp³-hybridized carbons (Fsp3) is 0.167. The molecule has 8 heteroatoms. The number of hydrogen-bond acceptors (Lipinski definition) is 4. The first-order chi connectivity index (χ1) is 12.4. The molecule has 136 valence electrons. The Labute approximate surface area is 160 Å². The SMILES string of the molecule is C[C@H](NC(=O)c1ccccc1)C(=O)OCC(=O)Nc1ccc(Cl)c(Cl)c1. The van der Waals surface area contributed by atoms with Crippen molar-refractivity contribution in [2.24, 2.45) is 0 Å². The summed E-state index contributed by atoms with van der Waals surface area (Å²) >= 11 is 11.6. The van der Waals surface area contributed by atoms with E-state index in [9.17, 15) is 14.4 Å². The standard InChI is InChI=1S/C18H16Cl2N2O4/c1-11(21-17(24)12-5-3-2-4-6-12)18(25)26-10-16(23)22-13-7-8-14(19)15(20)9-13/h2-9,11H,10H2,1H3,(H,21,24)(H,22,23)/t11-/m0/s1.